The molecule has 11 nitrogen and oxygen atoms in total. The number of carbonyl (C=O) groups excluding carboxylic acids is 2. The summed E-state index contributed by atoms with van der Waals surface area (Å²) in [6.07, 6.45) is 77.4. The lowest BCUT2D eigenvalue weighted by Gasteiger charge is -2.41. The first kappa shape index (κ1) is 87.6. The molecule has 1 fully saturated rings. The van der Waals surface area contributed by atoms with Gasteiger partial charge in [-0.1, -0.05) is 371 Å². The summed E-state index contributed by atoms with van der Waals surface area (Å²) in [5.74, 6) is -1.18. The number of unbranched alkanes of at least 4 members (excludes halogenated alkanes) is 50. The van der Waals surface area contributed by atoms with Crippen LogP contribution >= 0.6 is 0 Å². The maximum atomic E-state index is 13.5. The molecule has 6 N–H and O–H groups in total. The minimum Gasteiger partial charge on any atom is -0.454 e. The van der Waals surface area contributed by atoms with Crippen LogP contribution in [0.2, 0.25) is 0 Å². The first-order valence-electron chi connectivity index (χ1n) is 39.9. The number of nitrogens with one attached hydrogen (secondary N) is 1. The Kier molecular flexibility index (Phi) is 65.3. The lowest BCUT2D eigenvalue weighted by atomic mass is 9.99. The summed E-state index contributed by atoms with van der Waals surface area (Å²) in [5, 5.41) is 57.4. The molecule has 0 aromatic heterocycles. The number of allylic oxidation sites excluding steroid dienone is 7. The van der Waals surface area contributed by atoms with Crippen LogP contribution in [0.4, 0.5) is 0 Å². The summed E-state index contributed by atoms with van der Waals surface area (Å²) in [5.41, 5.74) is 0. The van der Waals surface area contributed by atoms with E-state index in [9.17, 15) is 35.1 Å². The molecular formula is C81H151NO10. The van der Waals surface area contributed by atoms with Gasteiger partial charge in [-0.2, -0.15) is 0 Å². The Balaban J connectivity index is 2.49. The van der Waals surface area contributed by atoms with Crippen LogP contribution in [0, 0.1) is 0 Å². The zero-order chi connectivity index (χ0) is 66.7. The quantitative estimate of drug-likeness (QED) is 0.0195. The van der Waals surface area contributed by atoms with Crippen LogP contribution in [0.3, 0.4) is 0 Å². The van der Waals surface area contributed by atoms with Gasteiger partial charge in [-0.25, -0.2) is 0 Å². The van der Waals surface area contributed by atoms with E-state index in [1.54, 1.807) is 6.08 Å². The van der Waals surface area contributed by atoms with Crippen molar-refractivity contribution in [3.05, 3.63) is 48.6 Å². The van der Waals surface area contributed by atoms with Crippen LogP contribution in [-0.2, 0) is 23.8 Å². The second-order valence-corrected chi connectivity index (χ2v) is 27.8. The molecule has 1 saturated heterocycles. The number of hydrogen-bond acceptors (Lipinski definition) is 10. The number of aliphatic hydroxyl groups excluding tert-OH is 5. The molecule has 0 aromatic carbocycles. The van der Waals surface area contributed by atoms with Crippen LogP contribution in [0.5, 0.6) is 0 Å². The van der Waals surface area contributed by atoms with E-state index in [-0.39, 0.29) is 13.0 Å². The normalized spacial score (nSPS) is 18.1. The number of rotatable bonds is 70. The van der Waals surface area contributed by atoms with Crippen LogP contribution in [0.1, 0.15) is 393 Å². The Morgan fingerprint density at radius 3 is 1.14 bits per heavy atom. The van der Waals surface area contributed by atoms with Gasteiger partial charge < -0.3 is 45.1 Å². The third-order valence-corrected chi connectivity index (χ3v) is 19.0. The van der Waals surface area contributed by atoms with E-state index in [0.717, 1.165) is 70.6 Å². The summed E-state index contributed by atoms with van der Waals surface area (Å²) in [6.45, 7) is 5.83. The highest BCUT2D eigenvalue weighted by atomic mass is 16.7. The molecule has 0 saturated carbocycles. The van der Waals surface area contributed by atoms with Gasteiger partial charge in [0, 0.05) is 6.42 Å². The topological polar surface area (TPSA) is 175 Å². The Labute approximate surface area is 567 Å². The molecule has 0 aromatic rings. The predicted molar refractivity (Wildman–Crippen MR) is 389 cm³/mol. The summed E-state index contributed by atoms with van der Waals surface area (Å²) in [7, 11) is 0. The Morgan fingerprint density at radius 1 is 0.424 bits per heavy atom. The van der Waals surface area contributed by atoms with Crippen LogP contribution in [0.25, 0.3) is 0 Å². The van der Waals surface area contributed by atoms with E-state index in [2.05, 4.69) is 62.5 Å². The minimum atomic E-state index is -1.61. The second kappa shape index (κ2) is 68.6. The molecule has 1 aliphatic heterocycles. The second-order valence-electron chi connectivity index (χ2n) is 27.8. The van der Waals surface area contributed by atoms with E-state index < -0.39 is 67.4 Å². The largest absolute Gasteiger partial charge is 0.454 e. The molecule has 1 aliphatic rings. The van der Waals surface area contributed by atoms with Crippen molar-refractivity contribution in [1.29, 1.82) is 0 Å². The zero-order valence-corrected chi connectivity index (χ0v) is 60.4. The number of aliphatic hydroxyl groups is 5. The van der Waals surface area contributed by atoms with Gasteiger partial charge in [0.05, 0.1) is 25.4 Å². The zero-order valence-electron chi connectivity index (χ0n) is 60.4. The van der Waals surface area contributed by atoms with E-state index in [1.807, 2.05) is 6.08 Å². The fourth-order valence-electron chi connectivity index (χ4n) is 12.7. The average molecular weight is 1300 g/mol. The number of hydrogen-bond donors (Lipinski definition) is 6. The van der Waals surface area contributed by atoms with Gasteiger partial charge in [0.2, 0.25) is 5.91 Å². The summed E-state index contributed by atoms with van der Waals surface area (Å²) >= 11 is 0. The van der Waals surface area contributed by atoms with Crippen molar-refractivity contribution in [3.8, 4) is 0 Å². The van der Waals surface area contributed by atoms with Gasteiger partial charge in [0.1, 0.15) is 24.4 Å². The van der Waals surface area contributed by atoms with Crippen molar-refractivity contribution in [3.63, 3.8) is 0 Å². The van der Waals surface area contributed by atoms with Crippen LogP contribution < -0.4 is 5.32 Å². The molecule has 92 heavy (non-hydrogen) atoms. The lowest BCUT2D eigenvalue weighted by molar-refractivity contribution is -0.305. The van der Waals surface area contributed by atoms with Crippen molar-refractivity contribution in [1.82, 2.24) is 5.32 Å². The third kappa shape index (κ3) is 54.7. The third-order valence-electron chi connectivity index (χ3n) is 19.0. The molecule has 0 spiro atoms. The highest BCUT2D eigenvalue weighted by molar-refractivity contribution is 5.80. The van der Waals surface area contributed by atoms with Crippen molar-refractivity contribution >= 4 is 11.9 Å². The maximum absolute atomic E-state index is 13.5. The molecule has 1 amide bonds. The maximum Gasteiger partial charge on any atom is 0.306 e. The number of carbonyl (C=O) groups is 2. The van der Waals surface area contributed by atoms with Crippen molar-refractivity contribution in [2.45, 2.75) is 442 Å². The molecule has 1 heterocycles. The van der Waals surface area contributed by atoms with Gasteiger partial charge in [0.15, 0.2) is 12.4 Å². The monoisotopic (exact) mass is 1300 g/mol. The Hall–Kier alpha value is -2.38. The summed E-state index contributed by atoms with van der Waals surface area (Å²) in [6, 6.07) is -1.02. The Morgan fingerprint density at radius 2 is 0.750 bits per heavy atom. The molecule has 8 unspecified atom stereocenters. The van der Waals surface area contributed by atoms with Crippen LogP contribution in [0.15, 0.2) is 48.6 Å². The SMILES string of the molecule is CCCCC/C=C\C/C=C\C/C=C\CCCCCCCCCCCCCCCC(O)C(=O)NC(COC1OC(CO)C(O)C(O)C1OC(=O)CCCCCCCCCCCCCCCCCCCCCCCCCCC)C(O)/C=C/CCCCCCCCCCCC. The molecule has 11 heteroatoms. The van der Waals surface area contributed by atoms with Crippen LogP contribution in [-0.4, -0.2) is 99.6 Å². The lowest BCUT2D eigenvalue weighted by Crippen LogP contribution is -2.61. The van der Waals surface area contributed by atoms with Gasteiger partial charge in [-0.05, 0) is 64.2 Å². The number of esters is 1. The predicted octanol–water partition coefficient (Wildman–Crippen LogP) is 21.5. The number of ether oxygens (including phenoxy) is 3. The number of amides is 1. The molecule has 540 valence electrons. The molecule has 1 rings (SSSR count). The van der Waals surface area contributed by atoms with E-state index in [0.29, 0.717) is 19.3 Å². The summed E-state index contributed by atoms with van der Waals surface area (Å²) in [4.78, 5) is 26.8. The fourth-order valence-corrected chi connectivity index (χ4v) is 12.7. The summed E-state index contributed by atoms with van der Waals surface area (Å²) < 4.78 is 17.8. The van der Waals surface area contributed by atoms with Gasteiger partial charge in [-0.3, -0.25) is 9.59 Å². The Bertz CT molecular complexity index is 1690. The molecule has 8 atom stereocenters. The van der Waals surface area contributed by atoms with Crippen molar-refractivity contribution in [2.75, 3.05) is 13.2 Å². The van der Waals surface area contributed by atoms with Crippen molar-refractivity contribution < 1.29 is 49.3 Å². The molecular weight excluding hydrogens is 1150 g/mol. The van der Waals surface area contributed by atoms with Gasteiger partial charge >= 0.3 is 5.97 Å². The molecule has 0 radical (unpaired) electrons. The first-order valence-corrected chi connectivity index (χ1v) is 39.9. The molecule has 0 aliphatic carbocycles. The smallest absolute Gasteiger partial charge is 0.306 e. The minimum absolute atomic E-state index is 0.129. The van der Waals surface area contributed by atoms with E-state index in [1.165, 1.54) is 276 Å². The molecule has 0 bridgehead atoms. The highest BCUT2D eigenvalue weighted by Crippen LogP contribution is 2.27. The first-order chi connectivity index (χ1) is 45.2. The van der Waals surface area contributed by atoms with E-state index in [4.69, 9.17) is 14.2 Å². The fraction of sp³-hybridized carbons (Fsp3) is 0.877. The van der Waals surface area contributed by atoms with Gasteiger partial charge in [-0.15, -0.1) is 0 Å². The highest BCUT2D eigenvalue weighted by Gasteiger charge is 2.47. The van der Waals surface area contributed by atoms with Crippen molar-refractivity contribution in [2.24, 2.45) is 0 Å². The average Bonchev–Trinajstić information content (AvgIpc) is 0.881. The van der Waals surface area contributed by atoms with E-state index >= 15 is 0 Å². The standard InChI is InChI=1S/C81H151NO10/c1-4-7-10-13-16-19-22-25-27-29-31-33-35-37-39-40-42-44-46-48-50-53-56-59-62-65-68-74(85)80(89)82-72(73(84)67-64-61-58-55-52-24-21-18-15-12-9-6-3)71-90-81-79(78(88)77(87)75(70-83)91-81)92-76(86)69-66-63-60-57-54-51-49-47-45-43-41-38-36-34-32-30-28-26-23-20-17-14-11-8-5-2/h16,19,25,27,31,33,64,67,72-75,77-79,81,83-85,87-88H,4-15,17-18,20-24,26,28-30,32,34-63,65-66,68-71H2,1-3H3,(H,82,89)/b19-16-,27-25-,33-31-,67-64+. The van der Waals surface area contributed by atoms with Gasteiger partial charge in [0.25, 0.3) is 0 Å².